The lowest BCUT2D eigenvalue weighted by Crippen LogP contribution is -2.14. The Labute approximate surface area is 201 Å². The molecule has 0 bridgehead atoms. The minimum Gasteiger partial charge on any atom is -0.490 e. The second kappa shape index (κ2) is 10.5. The fourth-order valence-corrected chi connectivity index (χ4v) is 3.71. The van der Waals surface area contributed by atoms with E-state index in [9.17, 15) is 20.0 Å². The number of hydrogen-bond acceptors (Lipinski definition) is 7. The number of aromatic amines is 1. The number of hydrogen-bond donors (Lipinski definition) is 2. The molecular formula is C21H17ClIN3O6. The smallest absolute Gasteiger partial charge is 0.395 e. The molecule has 2 aromatic carbocycles. The second-order valence-electron chi connectivity index (χ2n) is 6.36. The zero-order chi connectivity index (χ0) is 23.3. The van der Waals surface area contributed by atoms with Crippen LogP contribution in [0.25, 0.3) is 12.2 Å². The van der Waals surface area contributed by atoms with Gasteiger partial charge in [0.2, 0.25) is 0 Å². The summed E-state index contributed by atoms with van der Waals surface area (Å²) in [5.41, 5.74) is -0.516. The van der Waals surface area contributed by atoms with E-state index in [0.29, 0.717) is 28.7 Å². The van der Waals surface area contributed by atoms with E-state index in [1.165, 1.54) is 6.08 Å². The van der Waals surface area contributed by atoms with Gasteiger partial charge in [-0.05, 0) is 59.4 Å². The second-order valence-corrected chi connectivity index (χ2v) is 7.93. The summed E-state index contributed by atoms with van der Waals surface area (Å²) in [6.45, 7) is 2.52. The predicted octanol–water partition coefficient (Wildman–Crippen LogP) is 4.79. The Morgan fingerprint density at radius 2 is 2.03 bits per heavy atom. The molecule has 1 aromatic heterocycles. The van der Waals surface area contributed by atoms with Gasteiger partial charge in [-0.3, -0.25) is 14.9 Å². The van der Waals surface area contributed by atoms with E-state index in [4.69, 9.17) is 21.1 Å². The molecule has 0 amide bonds. The molecule has 0 saturated heterocycles. The molecule has 32 heavy (non-hydrogen) atoms. The van der Waals surface area contributed by atoms with Crippen LogP contribution in [0.3, 0.4) is 0 Å². The predicted molar refractivity (Wildman–Crippen MR) is 128 cm³/mol. The molecule has 0 aliphatic heterocycles. The number of nitrogens with one attached hydrogen (secondary N) is 1. The molecule has 0 atom stereocenters. The number of H-pyrrole nitrogens is 1. The number of ether oxygens (including phenoxy) is 2. The van der Waals surface area contributed by atoms with Gasteiger partial charge >= 0.3 is 11.2 Å². The molecule has 166 valence electrons. The van der Waals surface area contributed by atoms with Gasteiger partial charge in [-0.15, -0.1) is 0 Å². The van der Waals surface area contributed by atoms with Gasteiger partial charge in [0.05, 0.1) is 15.1 Å². The van der Waals surface area contributed by atoms with Gasteiger partial charge in [-0.1, -0.05) is 35.9 Å². The summed E-state index contributed by atoms with van der Waals surface area (Å²) in [6.07, 6.45) is 3.03. The molecular weight excluding hydrogens is 553 g/mol. The van der Waals surface area contributed by atoms with Gasteiger partial charge < -0.3 is 19.6 Å². The van der Waals surface area contributed by atoms with Crippen LogP contribution in [-0.4, -0.2) is 26.6 Å². The third-order valence-electron chi connectivity index (χ3n) is 4.17. The first-order valence-corrected chi connectivity index (χ1v) is 10.7. The van der Waals surface area contributed by atoms with E-state index >= 15 is 0 Å². The van der Waals surface area contributed by atoms with Crippen molar-refractivity contribution in [1.82, 2.24) is 9.97 Å². The summed E-state index contributed by atoms with van der Waals surface area (Å²) in [6, 6.07) is 11.0. The highest BCUT2D eigenvalue weighted by molar-refractivity contribution is 14.1. The van der Waals surface area contributed by atoms with Crippen LogP contribution in [0, 0.1) is 13.7 Å². The van der Waals surface area contributed by atoms with Crippen LogP contribution in [-0.2, 0) is 6.61 Å². The van der Waals surface area contributed by atoms with Crippen molar-refractivity contribution in [3.8, 4) is 17.4 Å². The first kappa shape index (κ1) is 23.5. The van der Waals surface area contributed by atoms with Crippen molar-refractivity contribution >= 4 is 52.0 Å². The maximum absolute atomic E-state index is 11.8. The van der Waals surface area contributed by atoms with Gasteiger partial charge in [0.15, 0.2) is 11.5 Å². The van der Waals surface area contributed by atoms with Crippen LogP contribution < -0.4 is 15.0 Å². The summed E-state index contributed by atoms with van der Waals surface area (Å²) in [5.74, 6) is 0.0829. The van der Waals surface area contributed by atoms with E-state index in [1.807, 2.05) is 31.2 Å². The van der Waals surface area contributed by atoms with Gasteiger partial charge in [0.25, 0.3) is 5.88 Å². The van der Waals surface area contributed by atoms with Gasteiger partial charge in [0.1, 0.15) is 12.4 Å². The lowest BCUT2D eigenvalue weighted by Gasteiger charge is -2.15. The topological polar surface area (TPSA) is 128 Å². The first-order chi connectivity index (χ1) is 15.3. The Hall–Kier alpha value is -3.12. The van der Waals surface area contributed by atoms with Gasteiger partial charge in [-0.25, -0.2) is 0 Å². The largest absolute Gasteiger partial charge is 0.490 e. The summed E-state index contributed by atoms with van der Waals surface area (Å²) in [4.78, 5) is 27.5. The van der Waals surface area contributed by atoms with Crippen molar-refractivity contribution < 1.29 is 19.5 Å². The Morgan fingerprint density at radius 1 is 1.28 bits per heavy atom. The first-order valence-electron chi connectivity index (χ1n) is 9.28. The van der Waals surface area contributed by atoms with Gasteiger partial charge in [0, 0.05) is 10.6 Å². The zero-order valence-electron chi connectivity index (χ0n) is 16.7. The highest BCUT2D eigenvalue weighted by Crippen LogP contribution is 2.36. The molecule has 3 aromatic rings. The number of aromatic nitrogens is 2. The van der Waals surface area contributed by atoms with Crippen molar-refractivity contribution in [2.24, 2.45) is 0 Å². The number of rotatable bonds is 8. The van der Waals surface area contributed by atoms with E-state index in [1.54, 1.807) is 18.2 Å². The summed E-state index contributed by atoms with van der Waals surface area (Å²) >= 11 is 8.32. The van der Waals surface area contributed by atoms with Crippen molar-refractivity contribution in [2.45, 2.75) is 13.5 Å². The van der Waals surface area contributed by atoms with Crippen LogP contribution in [0.15, 0.2) is 41.2 Å². The number of aromatic hydroxyl groups is 1. The fraction of sp³-hybridized carbons (Fsp3) is 0.143. The SMILES string of the molecule is CCOc1cc(/C=C\c2nc(O)c([N+](=O)[O-])c(=O)[nH]2)cc(I)c1OCc1ccccc1Cl. The Morgan fingerprint density at radius 3 is 2.69 bits per heavy atom. The molecule has 2 N–H and O–H groups in total. The lowest BCUT2D eigenvalue weighted by atomic mass is 10.2. The van der Waals surface area contributed by atoms with E-state index < -0.39 is 22.0 Å². The Kier molecular flexibility index (Phi) is 7.70. The molecule has 0 aliphatic rings. The maximum atomic E-state index is 11.8. The number of benzene rings is 2. The highest BCUT2D eigenvalue weighted by Gasteiger charge is 2.21. The average molecular weight is 570 g/mol. The summed E-state index contributed by atoms with van der Waals surface area (Å²) in [7, 11) is 0. The standard InChI is InChI=1S/C21H17ClIN3O6/c1-2-31-16-10-12(7-8-17-24-20(27)18(26(29)30)21(28)25-17)9-15(23)19(16)32-11-13-5-3-4-6-14(13)22/h3-10H,2,11H2,1H3,(H2,24,25,27,28)/b8-7-. The average Bonchev–Trinajstić information content (AvgIpc) is 2.72. The van der Waals surface area contributed by atoms with Crippen LogP contribution >= 0.6 is 34.2 Å². The molecule has 0 aliphatic carbocycles. The molecule has 0 spiro atoms. The van der Waals surface area contributed by atoms with Crippen LogP contribution in [0.1, 0.15) is 23.9 Å². The van der Waals surface area contributed by atoms with Crippen molar-refractivity contribution in [3.05, 3.63) is 82.4 Å². The maximum Gasteiger partial charge on any atom is 0.395 e. The molecule has 3 rings (SSSR count). The quantitative estimate of drug-likeness (QED) is 0.227. The molecule has 0 fully saturated rings. The number of nitro groups is 1. The Bertz CT molecular complexity index is 1240. The van der Waals surface area contributed by atoms with Crippen molar-refractivity contribution in [3.63, 3.8) is 0 Å². The van der Waals surface area contributed by atoms with Crippen LogP contribution in [0.4, 0.5) is 5.69 Å². The molecule has 0 radical (unpaired) electrons. The fourth-order valence-electron chi connectivity index (χ4n) is 2.74. The summed E-state index contributed by atoms with van der Waals surface area (Å²) < 4.78 is 12.5. The van der Waals surface area contributed by atoms with E-state index in [-0.39, 0.29) is 12.4 Å². The third kappa shape index (κ3) is 5.56. The molecule has 1 heterocycles. The minimum atomic E-state index is -1.05. The highest BCUT2D eigenvalue weighted by atomic mass is 127. The monoisotopic (exact) mass is 569 g/mol. The van der Waals surface area contributed by atoms with Crippen molar-refractivity contribution in [2.75, 3.05) is 6.61 Å². The van der Waals surface area contributed by atoms with E-state index in [2.05, 4.69) is 32.6 Å². The van der Waals surface area contributed by atoms with Crippen LogP contribution in [0.5, 0.6) is 17.4 Å². The summed E-state index contributed by atoms with van der Waals surface area (Å²) in [5, 5.41) is 21.1. The zero-order valence-corrected chi connectivity index (χ0v) is 19.6. The molecule has 0 unspecified atom stereocenters. The van der Waals surface area contributed by atoms with Crippen molar-refractivity contribution in [1.29, 1.82) is 0 Å². The lowest BCUT2D eigenvalue weighted by molar-refractivity contribution is -0.387. The Balaban J connectivity index is 1.88. The van der Waals surface area contributed by atoms with Gasteiger partial charge in [-0.2, -0.15) is 4.98 Å². The molecule has 11 heteroatoms. The molecule has 0 saturated carbocycles. The number of nitrogens with zero attached hydrogens (tertiary/aromatic N) is 2. The van der Waals surface area contributed by atoms with E-state index in [0.717, 1.165) is 9.13 Å². The normalized spacial score (nSPS) is 11.0. The third-order valence-corrected chi connectivity index (χ3v) is 5.34. The minimum absolute atomic E-state index is 0.0369. The molecule has 9 nitrogen and oxygen atoms in total. The van der Waals surface area contributed by atoms with Crippen LogP contribution in [0.2, 0.25) is 5.02 Å². The number of halogens is 2.